The molecule has 0 N–H and O–H groups in total. The van der Waals surface area contributed by atoms with Gasteiger partial charge in [0.2, 0.25) is 11.8 Å². The quantitative estimate of drug-likeness (QED) is 0.0713. The summed E-state index contributed by atoms with van der Waals surface area (Å²) >= 11 is 0. The normalized spacial score (nSPS) is 14.9. The van der Waals surface area contributed by atoms with Crippen LogP contribution in [-0.4, -0.2) is 47.8 Å². The number of hydrogen-bond donors (Lipinski definition) is 0. The number of nitrogens with zero attached hydrogens (tertiary/aromatic N) is 2. The van der Waals surface area contributed by atoms with Gasteiger partial charge in [-0.3, -0.25) is 9.59 Å². The first-order chi connectivity index (χ1) is 22.2. The highest BCUT2D eigenvalue weighted by atomic mass is 16.2. The maximum Gasteiger partial charge on any atom is 0.222 e. The molecule has 2 aliphatic heterocycles. The molecule has 2 rings (SSSR count). The van der Waals surface area contributed by atoms with E-state index in [0.29, 0.717) is 11.8 Å². The number of amides is 2. The summed E-state index contributed by atoms with van der Waals surface area (Å²) in [5, 5.41) is 0. The first-order valence-corrected chi connectivity index (χ1v) is 20.7. The minimum Gasteiger partial charge on any atom is -0.343 e. The van der Waals surface area contributed by atoms with Gasteiger partial charge in [0.25, 0.3) is 0 Å². The largest absolute Gasteiger partial charge is 0.343 e. The summed E-state index contributed by atoms with van der Waals surface area (Å²) in [4.78, 5) is 27.1. The van der Waals surface area contributed by atoms with Crippen LogP contribution in [0.2, 0.25) is 0 Å². The fourth-order valence-corrected chi connectivity index (χ4v) is 7.05. The lowest BCUT2D eigenvalue weighted by atomic mass is 10.0. The van der Waals surface area contributed by atoms with Crippen molar-refractivity contribution >= 4 is 11.8 Å². The SMILES string of the molecule is CCCCCCCCCCCCCCCCCN1CCCC1=O.CCCCCCCCCCCCCCCCN1CCCC1=O. The molecule has 0 unspecified atom stereocenters. The molecular formula is C41H80N2O2. The van der Waals surface area contributed by atoms with Gasteiger partial charge in [0.15, 0.2) is 0 Å². The van der Waals surface area contributed by atoms with Gasteiger partial charge in [-0.1, -0.05) is 187 Å². The molecule has 2 fully saturated rings. The molecule has 0 aromatic carbocycles. The summed E-state index contributed by atoms with van der Waals surface area (Å²) < 4.78 is 0. The van der Waals surface area contributed by atoms with Gasteiger partial charge in [-0.05, 0) is 25.7 Å². The fourth-order valence-electron chi connectivity index (χ4n) is 7.05. The van der Waals surface area contributed by atoms with E-state index in [0.717, 1.165) is 51.9 Å². The van der Waals surface area contributed by atoms with Crippen molar-refractivity contribution in [2.45, 2.75) is 226 Å². The summed E-state index contributed by atoms with van der Waals surface area (Å²) in [6.45, 7) is 8.61. The second kappa shape index (κ2) is 32.9. The summed E-state index contributed by atoms with van der Waals surface area (Å²) in [7, 11) is 0. The van der Waals surface area contributed by atoms with Crippen LogP contribution in [0.25, 0.3) is 0 Å². The molecule has 266 valence electrons. The Bertz CT molecular complexity index is 651. The number of likely N-dealkylation sites (tertiary alicyclic amines) is 2. The zero-order valence-corrected chi connectivity index (χ0v) is 30.9. The van der Waals surface area contributed by atoms with Gasteiger partial charge in [0, 0.05) is 39.0 Å². The first-order valence-electron chi connectivity index (χ1n) is 20.7. The summed E-state index contributed by atoms with van der Waals surface area (Å²) in [6.07, 6.45) is 44.4. The lowest BCUT2D eigenvalue weighted by Gasteiger charge is -2.14. The van der Waals surface area contributed by atoms with Crippen molar-refractivity contribution in [3.63, 3.8) is 0 Å². The third-order valence-electron chi connectivity index (χ3n) is 10.2. The number of carbonyl (C=O) groups excluding carboxylic acids is 2. The van der Waals surface area contributed by atoms with E-state index in [1.165, 1.54) is 186 Å². The molecule has 0 radical (unpaired) electrons. The Morgan fingerprint density at radius 1 is 0.356 bits per heavy atom. The van der Waals surface area contributed by atoms with Gasteiger partial charge in [-0.2, -0.15) is 0 Å². The lowest BCUT2D eigenvalue weighted by Crippen LogP contribution is -2.25. The van der Waals surface area contributed by atoms with Crippen LogP contribution < -0.4 is 0 Å². The van der Waals surface area contributed by atoms with E-state index in [1.54, 1.807) is 0 Å². The van der Waals surface area contributed by atoms with Crippen molar-refractivity contribution in [1.29, 1.82) is 0 Å². The predicted octanol–water partition coefficient (Wildman–Crippen LogP) is 12.6. The average molecular weight is 633 g/mol. The number of rotatable bonds is 31. The molecule has 2 aliphatic rings. The zero-order chi connectivity index (χ0) is 32.5. The van der Waals surface area contributed by atoms with E-state index < -0.39 is 0 Å². The third kappa shape index (κ3) is 26.7. The second-order valence-corrected chi connectivity index (χ2v) is 14.5. The van der Waals surface area contributed by atoms with E-state index in [1.807, 2.05) is 0 Å². The molecule has 0 aromatic rings. The minimum absolute atomic E-state index is 0.384. The lowest BCUT2D eigenvalue weighted by molar-refractivity contribution is -0.128. The Labute approximate surface area is 282 Å². The molecule has 2 amide bonds. The summed E-state index contributed by atoms with van der Waals surface area (Å²) in [5.74, 6) is 0.769. The number of carbonyl (C=O) groups is 2. The van der Waals surface area contributed by atoms with Crippen molar-refractivity contribution < 1.29 is 9.59 Å². The topological polar surface area (TPSA) is 40.6 Å². The van der Waals surface area contributed by atoms with Crippen LogP contribution in [0.15, 0.2) is 0 Å². The zero-order valence-electron chi connectivity index (χ0n) is 30.9. The first kappa shape index (κ1) is 42.0. The highest BCUT2D eigenvalue weighted by Gasteiger charge is 2.19. The molecule has 4 nitrogen and oxygen atoms in total. The summed E-state index contributed by atoms with van der Waals surface area (Å²) in [5.41, 5.74) is 0. The monoisotopic (exact) mass is 633 g/mol. The standard InChI is InChI=1S/C21H41NO.C20H39NO/c1-2-3-4-5-6-7-8-9-10-11-12-13-14-15-16-19-22-20-17-18-21(22)23;1-2-3-4-5-6-7-8-9-10-11-12-13-14-15-18-21-19-16-17-20(21)22/h2-20H2,1H3;2-19H2,1H3. The maximum absolute atomic E-state index is 11.5. The van der Waals surface area contributed by atoms with E-state index in [2.05, 4.69) is 23.6 Å². The molecule has 45 heavy (non-hydrogen) atoms. The Morgan fingerprint density at radius 2 is 0.578 bits per heavy atom. The molecule has 0 atom stereocenters. The van der Waals surface area contributed by atoms with Crippen LogP contribution in [0, 0.1) is 0 Å². The molecule has 0 spiro atoms. The van der Waals surface area contributed by atoms with Crippen LogP contribution in [0.3, 0.4) is 0 Å². The van der Waals surface area contributed by atoms with Crippen molar-refractivity contribution in [1.82, 2.24) is 9.80 Å². The molecule has 0 aromatic heterocycles. The predicted molar refractivity (Wildman–Crippen MR) is 197 cm³/mol. The number of hydrogen-bond acceptors (Lipinski definition) is 2. The molecular weight excluding hydrogens is 552 g/mol. The van der Waals surface area contributed by atoms with Crippen LogP contribution in [0.5, 0.6) is 0 Å². The van der Waals surface area contributed by atoms with E-state index in [-0.39, 0.29) is 0 Å². The molecule has 0 bridgehead atoms. The van der Waals surface area contributed by atoms with Crippen molar-refractivity contribution in [2.24, 2.45) is 0 Å². The average Bonchev–Trinajstić information content (AvgIpc) is 3.66. The Balaban J connectivity index is 0.000000450. The van der Waals surface area contributed by atoms with Crippen molar-refractivity contribution in [3.05, 3.63) is 0 Å². The van der Waals surface area contributed by atoms with Crippen LogP contribution >= 0.6 is 0 Å². The maximum atomic E-state index is 11.5. The van der Waals surface area contributed by atoms with Gasteiger partial charge in [0.05, 0.1) is 0 Å². The van der Waals surface area contributed by atoms with Crippen LogP contribution in [0.1, 0.15) is 226 Å². The van der Waals surface area contributed by atoms with Crippen molar-refractivity contribution in [2.75, 3.05) is 26.2 Å². The molecule has 2 saturated heterocycles. The van der Waals surface area contributed by atoms with E-state index in [4.69, 9.17) is 0 Å². The molecule has 0 aliphatic carbocycles. The Kier molecular flexibility index (Phi) is 30.6. The van der Waals surface area contributed by atoms with E-state index >= 15 is 0 Å². The highest BCUT2D eigenvalue weighted by Crippen LogP contribution is 2.16. The van der Waals surface area contributed by atoms with Gasteiger partial charge in [-0.25, -0.2) is 0 Å². The fraction of sp³-hybridized carbons (Fsp3) is 0.951. The van der Waals surface area contributed by atoms with Crippen LogP contribution in [-0.2, 0) is 9.59 Å². The van der Waals surface area contributed by atoms with Gasteiger partial charge < -0.3 is 9.80 Å². The second-order valence-electron chi connectivity index (χ2n) is 14.5. The molecule has 2 heterocycles. The van der Waals surface area contributed by atoms with Gasteiger partial charge in [0.1, 0.15) is 0 Å². The third-order valence-corrected chi connectivity index (χ3v) is 10.2. The minimum atomic E-state index is 0.384. The summed E-state index contributed by atoms with van der Waals surface area (Å²) in [6, 6.07) is 0. The Hall–Kier alpha value is -1.06. The van der Waals surface area contributed by atoms with Crippen LogP contribution in [0.4, 0.5) is 0 Å². The van der Waals surface area contributed by atoms with Crippen molar-refractivity contribution in [3.8, 4) is 0 Å². The highest BCUT2D eigenvalue weighted by molar-refractivity contribution is 5.78. The van der Waals surface area contributed by atoms with E-state index in [9.17, 15) is 9.59 Å². The molecule has 4 heteroatoms. The molecule has 0 saturated carbocycles. The van der Waals surface area contributed by atoms with Gasteiger partial charge in [-0.15, -0.1) is 0 Å². The van der Waals surface area contributed by atoms with Gasteiger partial charge >= 0.3 is 0 Å². The number of unbranched alkanes of at least 4 members (excludes halogenated alkanes) is 27. The smallest absolute Gasteiger partial charge is 0.222 e. The Morgan fingerprint density at radius 3 is 0.778 bits per heavy atom.